The minimum Gasteiger partial charge on any atom is -0.481 e. The average Bonchev–Trinajstić information content (AvgIpc) is 2.83. The molecule has 4 aromatic rings. The van der Waals surface area contributed by atoms with Gasteiger partial charge in [-0.05, 0) is 48.5 Å². The number of carbonyl (C=O) groups is 1. The molecule has 0 saturated heterocycles. The Morgan fingerprint density at radius 1 is 0.567 bits per heavy atom. The van der Waals surface area contributed by atoms with Crippen molar-refractivity contribution in [3.8, 4) is 0 Å². The van der Waals surface area contributed by atoms with Gasteiger partial charge in [0.15, 0.2) is 0 Å². The summed E-state index contributed by atoms with van der Waals surface area (Å²) in [5, 5.41) is 13.3. The Kier molecular flexibility index (Phi) is 7.54. The molecular weight excluding hydrogens is 387 g/mol. The Balaban J connectivity index is 0.000000461. The zero-order valence-corrected chi connectivity index (χ0v) is 18.0. The molecule has 0 amide bonds. The van der Waals surface area contributed by atoms with Crippen molar-refractivity contribution in [2.24, 2.45) is 0 Å². The van der Waals surface area contributed by atoms with Gasteiger partial charge < -0.3 is 5.11 Å². The predicted molar refractivity (Wildman–Crippen MR) is 129 cm³/mol. The van der Waals surface area contributed by atoms with Gasteiger partial charge in [0.05, 0.1) is 0 Å². The number of hydrogen-bond acceptors (Lipinski definition) is 1. The van der Waals surface area contributed by atoms with Crippen LogP contribution in [0.25, 0.3) is 0 Å². The average molecular weight is 413 g/mol. The fourth-order valence-electron chi connectivity index (χ4n) is 3.50. The Morgan fingerprint density at radius 2 is 0.767 bits per heavy atom. The van der Waals surface area contributed by atoms with Crippen molar-refractivity contribution < 1.29 is 9.90 Å². The van der Waals surface area contributed by atoms with Crippen LogP contribution >= 0.6 is 7.26 Å². The molecule has 0 heterocycles. The van der Waals surface area contributed by atoms with Gasteiger partial charge in [0.25, 0.3) is 0 Å². The molecule has 0 aliphatic carbocycles. The Hall–Kier alpha value is -3.22. The van der Waals surface area contributed by atoms with Crippen molar-refractivity contribution in [2.45, 2.75) is 13.3 Å². The third-order valence-corrected chi connectivity index (χ3v) is 9.17. The van der Waals surface area contributed by atoms with Crippen LogP contribution in [0.1, 0.15) is 13.3 Å². The summed E-state index contributed by atoms with van der Waals surface area (Å²) < 4.78 is 0. The summed E-state index contributed by atoms with van der Waals surface area (Å²) in [7, 11) is -1.91. The molecule has 3 heteroatoms. The summed E-state index contributed by atoms with van der Waals surface area (Å²) in [6.07, 6.45) is 0.222. The van der Waals surface area contributed by atoms with Gasteiger partial charge in [0.1, 0.15) is 28.5 Å². The lowest BCUT2D eigenvalue weighted by Crippen LogP contribution is -2.38. The van der Waals surface area contributed by atoms with Crippen molar-refractivity contribution in [1.29, 1.82) is 0 Å². The molecule has 0 aliphatic rings. The van der Waals surface area contributed by atoms with E-state index in [0.29, 0.717) is 0 Å². The van der Waals surface area contributed by atoms with E-state index >= 15 is 0 Å². The van der Waals surface area contributed by atoms with Crippen molar-refractivity contribution in [3.63, 3.8) is 0 Å². The third-order valence-electron chi connectivity index (χ3n) is 4.88. The molecule has 2 nitrogen and oxygen atoms in total. The van der Waals surface area contributed by atoms with Gasteiger partial charge in [0.2, 0.25) is 0 Å². The molecule has 0 atom stereocenters. The van der Waals surface area contributed by atoms with Crippen LogP contribution in [0.3, 0.4) is 0 Å². The van der Waals surface area contributed by atoms with Crippen LogP contribution in [0.4, 0.5) is 0 Å². The third kappa shape index (κ3) is 4.67. The molecule has 0 fully saturated rings. The van der Waals surface area contributed by atoms with Crippen molar-refractivity contribution in [3.05, 3.63) is 121 Å². The lowest BCUT2D eigenvalue weighted by Gasteiger charge is -2.27. The fraction of sp³-hybridized carbons (Fsp3) is 0.0741. The molecule has 0 aliphatic heterocycles. The summed E-state index contributed by atoms with van der Waals surface area (Å²) in [5.74, 6) is -0.745. The zero-order chi connectivity index (χ0) is 21.2. The standard InChI is InChI=1S/C24H20P.C3H6O2/c1-5-13-21(14-6-1)25(22-15-7-2-8-16-22,23-17-9-3-10-18-23)24-19-11-4-12-20-24;1-2-3(4)5/h1-20H;2H2,1H3,(H,4,5)/q+1;. The highest BCUT2D eigenvalue weighted by atomic mass is 31.2. The molecule has 4 rings (SSSR count). The minimum atomic E-state index is -1.91. The van der Waals surface area contributed by atoms with Crippen LogP contribution in [0, 0.1) is 0 Å². The second-order valence-electron chi connectivity index (χ2n) is 6.76. The monoisotopic (exact) mass is 413 g/mol. The van der Waals surface area contributed by atoms with E-state index in [1.165, 1.54) is 21.2 Å². The quantitative estimate of drug-likeness (QED) is 0.478. The lowest BCUT2D eigenvalue weighted by molar-refractivity contribution is -0.136. The number of hydrogen-bond donors (Lipinski definition) is 1. The highest BCUT2D eigenvalue weighted by Crippen LogP contribution is 2.53. The SMILES string of the molecule is CCC(=O)O.c1ccc([P+](c2ccccc2)(c2ccccc2)c2ccccc2)cc1. The number of rotatable bonds is 5. The summed E-state index contributed by atoms with van der Waals surface area (Å²) in [6.45, 7) is 1.60. The van der Waals surface area contributed by atoms with Gasteiger partial charge in [-0.2, -0.15) is 0 Å². The van der Waals surface area contributed by atoms with E-state index in [2.05, 4.69) is 121 Å². The molecule has 4 aromatic carbocycles. The van der Waals surface area contributed by atoms with Gasteiger partial charge >= 0.3 is 5.97 Å². The van der Waals surface area contributed by atoms with Crippen LogP contribution in [0.5, 0.6) is 0 Å². The number of carboxylic acids is 1. The largest absolute Gasteiger partial charge is 0.481 e. The van der Waals surface area contributed by atoms with Crippen LogP contribution in [-0.4, -0.2) is 11.1 Å². The van der Waals surface area contributed by atoms with Gasteiger partial charge in [-0.25, -0.2) is 0 Å². The first kappa shape index (κ1) is 21.5. The summed E-state index contributed by atoms with van der Waals surface area (Å²) in [6, 6.07) is 43.8. The van der Waals surface area contributed by atoms with Crippen LogP contribution < -0.4 is 21.2 Å². The fourth-order valence-corrected chi connectivity index (χ4v) is 7.77. The molecule has 0 radical (unpaired) electrons. The van der Waals surface area contributed by atoms with E-state index in [1.54, 1.807) is 6.92 Å². The highest BCUT2D eigenvalue weighted by molar-refractivity contribution is 8.01. The molecule has 0 saturated carbocycles. The number of benzene rings is 4. The second-order valence-corrected chi connectivity index (χ2v) is 10.2. The molecule has 1 N–H and O–H groups in total. The topological polar surface area (TPSA) is 37.3 Å². The minimum absolute atomic E-state index is 0.222. The smallest absolute Gasteiger partial charge is 0.303 e. The maximum atomic E-state index is 9.37. The normalized spacial score (nSPS) is 10.6. The van der Waals surface area contributed by atoms with Crippen molar-refractivity contribution in [1.82, 2.24) is 0 Å². The van der Waals surface area contributed by atoms with Crippen molar-refractivity contribution >= 4 is 34.4 Å². The maximum absolute atomic E-state index is 9.37. The predicted octanol–water partition coefficient (Wildman–Crippen LogP) is 4.79. The summed E-state index contributed by atoms with van der Waals surface area (Å²) >= 11 is 0. The summed E-state index contributed by atoms with van der Waals surface area (Å²) in [4.78, 5) is 9.37. The molecule has 0 aromatic heterocycles. The van der Waals surface area contributed by atoms with E-state index in [-0.39, 0.29) is 6.42 Å². The Bertz CT molecular complexity index is 870. The van der Waals surface area contributed by atoms with E-state index in [4.69, 9.17) is 5.11 Å². The highest BCUT2D eigenvalue weighted by Gasteiger charge is 2.47. The first-order valence-corrected chi connectivity index (χ1v) is 11.8. The summed E-state index contributed by atoms with van der Waals surface area (Å²) in [5.41, 5.74) is 0. The molecule has 0 bridgehead atoms. The molecule has 0 spiro atoms. The Morgan fingerprint density at radius 3 is 0.933 bits per heavy atom. The number of carboxylic acid groups (broad SMARTS) is 1. The van der Waals surface area contributed by atoms with E-state index < -0.39 is 13.2 Å². The van der Waals surface area contributed by atoms with Gasteiger partial charge in [-0.15, -0.1) is 0 Å². The van der Waals surface area contributed by atoms with Crippen LogP contribution in [-0.2, 0) is 4.79 Å². The zero-order valence-electron chi connectivity index (χ0n) is 17.1. The van der Waals surface area contributed by atoms with E-state index in [0.717, 1.165) is 0 Å². The molecule has 150 valence electrons. The van der Waals surface area contributed by atoms with Crippen LogP contribution in [0.15, 0.2) is 121 Å². The van der Waals surface area contributed by atoms with E-state index in [9.17, 15) is 4.79 Å². The van der Waals surface area contributed by atoms with E-state index in [1.807, 2.05) is 0 Å². The first-order valence-electron chi connectivity index (χ1n) is 10.0. The molecule has 30 heavy (non-hydrogen) atoms. The van der Waals surface area contributed by atoms with Gasteiger partial charge in [-0.1, -0.05) is 79.7 Å². The number of aliphatic carboxylic acids is 1. The lowest BCUT2D eigenvalue weighted by atomic mass is 10.3. The van der Waals surface area contributed by atoms with Crippen molar-refractivity contribution in [2.75, 3.05) is 0 Å². The first-order chi connectivity index (χ1) is 14.7. The van der Waals surface area contributed by atoms with Gasteiger partial charge in [-0.3, -0.25) is 4.79 Å². The second kappa shape index (κ2) is 10.5. The molecular formula is C27H26O2P+. The van der Waals surface area contributed by atoms with Gasteiger partial charge in [0, 0.05) is 6.42 Å². The Labute approximate surface area is 179 Å². The van der Waals surface area contributed by atoms with Crippen LogP contribution in [0.2, 0.25) is 0 Å². The molecule has 0 unspecified atom stereocenters. The maximum Gasteiger partial charge on any atom is 0.303 e.